The van der Waals surface area contributed by atoms with Crippen molar-refractivity contribution in [3.63, 3.8) is 0 Å². The number of nitrogens with one attached hydrogen (secondary N) is 1. The van der Waals surface area contributed by atoms with E-state index in [9.17, 15) is 0 Å². The van der Waals surface area contributed by atoms with Crippen LogP contribution in [0.15, 0.2) is 16.6 Å². The number of halogens is 1. The maximum atomic E-state index is 5.57. The Hall–Kier alpha value is -0.580. The second-order valence-corrected chi connectivity index (χ2v) is 6.32. The van der Waals surface area contributed by atoms with Gasteiger partial charge in [0.25, 0.3) is 0 Å². The fourth-order valence-electron chi connectivity index (χ4n) is 2.65. The van der Waals surface area contributed by atoms with Gasteiger partial charge in [0.15, 0.2) is 0 Å². The maximum absolute atomic E-state index is 5.57. The molecule has 1 aliphatic carbocycles. The van der Waals surface area contributed by atoms with Crippen molar-refractivity contribution in [1.82, 2.24) is 4.90 Å². The number of fused-ring (bicyclic) bond motifs is 1. The van der Waals surface area contributed by atoms with Crippen LogP contribution in [0.1, 0.15) is 24.0 Å². The van der Waals surface area contributed by atoms with E-state index in [4.69, 9.17) is 4.74 Å². The molecule has 1 aromatic rings. The van der Waals surface area contributed by atoms with Gasteiger partial charge in [0, 0.05) is 30.4 Å². The van der Waals surface area contributed by atoms with Gasteiger partial charge in [0.1, 0.15) is 5.72 Å². The molecule has 1 aromatic carbocycles. The highest BCUT2D eigenvalue weighted by Crippen LogP contribution is 2.41. The standard InChI is InChI=1S/C14H19BrN2O/c1-17-6-3-12-10(9-17)7-11(15)8-13(12)16-14(18-2)4-5-14/h7-8,16H,3-6,9H2,1-2H3. The van der Waals surface area contributed by atoms with E-state index in [1.165, 1.54) is 16.8 Å². The molecule has 0 bridgehead atoms. The first-order valence-corrected chi connectivity index (χ1v) is 7.24. The van der Waals surface area contributed by atoms with E-state index in [0.29, 0.717) is 0 Å². The van der Waals surface area contributed by atoms with E-state index in [1.807, 2.05) is 0 Å². The Kier molecular flexibility index (Phi) is 3.12. The van der Waals surface area contributed by atoms with Crippen molar-refractivity contribution in [3.05, 3.63) is 27.7 Å². The van der Waals surface area contributed by atoms with Gasteiger partial charge in [-0.1, -0.05) is 15.9 Å². The van der Waals surface area contributed by atoms with Crippen LogP contribution in [-0.2, 0) is 17.7 Å². The SMILES string of the molecule is COC1(Nc2cc(Br)cc3c2CCN(C)C3)CC1. The first-order valence-electron chi connectivity index (χ1n) is 6.45. The molecule has 18 heavy (non-hydrogen) atoms. The molecule has 0 atom stereocenters. The van der Waals surface area contributed by atoms with Crippen molar-refractivity contribution in [3.8, 4) is 0 Å². The molecule has 3 rings (SSSR count). The summed E-state index contributed by atoms with van der Waals surface area (Å²) in [5, 5.41) is 3.59. The first-order chi connectivity index (χ1) is 8.62. The molecule has 0 unspecified atom stereocenters. The van der Waals surface area contributed by atoms with Crippen LogP contribution in [0.4, 0.5) is 5.69 Å². The third kappa shape index (κ3) is 2.29. The minimum atomic E-state index is -0.0993. The number of rotatable bonds is 3. The molecule has 0 amide bonds. The Bertz CT molecular complexity index is 471. The van der Waals surface area contributed by atoms with Gasteiger partial charge in [-0.05, 0) is 49.6 Å². The van der Waals surface area contributed by atoms with Crippen LogP contribution < -0.4 is 5.32 Å². The molecule has 0 saturated heterocycles. The van der Waals surface area contributed by atoms with Crippen LogP contribution >= 0.6 is 15.9 Å². The summed E-state index contributed by atoms with van der Waals surface area (Å²) >= 11 is 3.61. The molecule has 2 aliphatic rings. The molecule has 1 saturated carbocycles. The summed E-state index contributed by atoms with van der Waals surface area (Å²) in [5.74, 6) is 0. The van der Waals surface area contributed by atoms with E-state index in [0.717, 1.165) is 36.8 Å². The third-order valence-corrected chi connectivity index (χ3v) is 4.41. The fraction of sp³-hybridized carbons (Fsp3) is 0.571. The van der Waals surface area contributed by atoms with Crippen molar-refractivity contribution in [2.45, 2.75) is 31.5 Å². The summed E-state index contributed by atoms with van der Waals surface area (Å²) in [6, 6.07) is 4.42. The van der Waals surface area contributed by atoms with Crippen LogP contribution in [0.3, 0.4) is 0 Å². The van der Waals surface area contributed by atoms with Crippen LogP contribution in [0.2, 0.25) is 0 Å². The highest BCUT2D eigenvalue weighted by atomic mass is 79.9. The Morgan fingerprint density at radius 2 is 2.17 bits per heavy atom. The van der Waals surface area contributed by atoms with Gasteiger partial charge in [-0.2, -0.15) is 0 Å². The van der Waals surface area contributed by atoms with Crippen molar-refractivity contribution in [1.29, 1.82) is 0 Å². The number of hydrogen-bond acceptors (Lipinski definition) is 3. The summed E-state index contributed by atoms with van der Waals surface area (Å²) < 4.78 is 6.71. The lowest BCUT2D eigenvalue weighted by atomic mass is 9.98. The summed E-state index contributed by atoms with van der Waals surface area (Å²) in [4.78, 5) is 2.36. The molecule has 1 aliphatic heterocycles. The average molecular weight is 311 g/mol. The van der Waals surface area contributed by atoms with E-state index >= 15 is 0 Å². The number of ether oxygens (including phenoxy) is 1. The zero-order valence-corrected chi connectivity index (χ0v) is 12.5. The summed E-state index contributed by atoms with van der Waals surface area (Å²) in [7, 11) is 3.96. The van der Waals surface area contributed by atoms with Crippen LogP contribution in [0.5, 0.6) is 0 Å². The van der Waals surface area contributed by atoms with Gasteiger partial charge >= 0.3 is 0 Å². The van der Waals surface area contributed by atoms with Crippen molar-refractivity contribution < 1.29 is 4.74 Å². The second-order valence-electron chi connectivity index (χ2n) is 5.40. The van der Waals surface area contributed by atoms with Gasteiger partial charge < -0.3 is 15.0 Å². The Balaban J connectivity index is 1.94. The number of nitrogens with zero attached hydrogens (tertiary/aromatic N) is 1. The van der Waals surface area contributed by atoms with Gasteiger partial charge in [0.05, 0.1) is 0 Å². The number of benzene rings is 1. The van der Waals surface area contributed by atoms with Gasteiger partial charge in [-0.25, -0.2) is 0 Å². The first kappa shape index (κ1) is 12.5. The summed E-state index contributed by atoms with van der Waals surface area (Å²) in [6.45, 7) is 2.16. The second kappa shape index (κ2) is 4.51. The van der Waals surface area contributed by atoms with Crippen LogP contribution in [0.25, 0.3) is 0 Å². The Morgan fingerprint density at radius 3 is 2.83 bits per heavy atom. The van der Waals surface area contributed by atoms with E-state index in [-0.39, 0.29) is 5.72 Å². The number of anilines is 1. The molecule has 0 radical (unpaired) electrons. The predicted octanol–water partition coefficient (Wildman–Crippen LogP) is 2.99. The number of hydrogen-bond donors (Lipinski definition) is 1. The van der Waals surface area contributed by atoms with Crippen molar-refractivity contribution >= 4 is 21.6 Å². The molecule has 98 valence electrons. The lowest BCUT2D eigenvalue weighted by Crippen LogP contribution is -2.29. The number of likely N-dealkylation sites (N-methyl/N-ethyl adjacent to an activating group) is 1. The monoisotopic (exact) mass is 310 g/mol. The molecular weight excluding hydrogens is 292 g/mol. The Morgan fingerprint density at radius 1 is 1.39 bits per heavy atom. The highest BCUT2D eigenvalue weighted by molar-refractivity contribution is 9.10. The highest BCUT2D eigenvalue weighted by Gasteiger charge is 2.43. The normalized spacial score (nSPS) is 21.5. The zero-order valence-electron chi connectivity index (χ0n) is 10.9. The van der Waals surface area contributed by atoms with Crippen LogP contribution in [-0.4, -0.2) is 31.3 Å². The molecule has 0 aromatic heterocycles. The zero-order chi connectivity index (χ0) is 12.8. The topological polar surface area (TPSA) is 24.5 Å². The lowest BCUT2D eigenvalue weighted by molar-refractivity contribution is 0.104. The van der Waals surface area contributed by atoms with Gasteiger partial charge in [-0.15, -0.1) is 0 Å². The smallest absolute Gasteiger partial charge is 0.138 e. The minimum Gasteiger partial charge on any atom is -0.359 e. The molecule has 0 spiro atoms. The largest absolute Gasteiger partial charge is 0.359 e. The van der Waals surface area contributed by atoms with Gasteiger partial charge in [0.2, 0.25) is 0 Å². The molecular formula is C14H19BrN2O. The number of methoxy groups -OCH3 is 1. The van der Waals surface area contributed by atoms with E-state index < -0.39 is 0 Å². The van der Waals surface area contributed by atoms with E-state index in [2.05, 4.69) is 45.3 Å². The lowest BCUT2D eigenvalue weighted by Gasteiger charge is -2.29. The molecule has 1 heterocycles. The molecule has 1 fully saturated rings. The quantitative estimate of drug-likeness (QED) is 0.869. The maximum Gasteiger partial charge on any atom is 0.138 e. The van der Waals surface area contributed by atoms with Crippen molar-refractivity contribution in [2.75, 3.05) is 26.0 Å². The molecule has 3 nitrogen and oxygen atoms in total. The molecule has 1 N–H and O–H groups in total. The van der Waals surface area contributed by atoms with Crippen LogP contribution in [0, 0.1) is 0 Å². The van der Waals surface area contributed by atoms with E-state index in [1.54, 1.807) is 7.11 Å². The summed E-state index contributed by atoms with van der Waals surface area (Å²) in [5.41, 5.74) is 4.02. The molecule has 4 heteroatoms. The minimum absolute atomic E-state index is 0.0993. The average Bonchev–Trinajstić information content (AvgIpc) is 3.08. The van der Waals surface area contributed by atoms with Crippen molar-refractivity contribution in [2.24, 2.45) is 0 Å². The Labute approximate surface area is 117 Å². The fourth-order valence-corrected chi connectivity index (χ4v) is 3.16. The summed E-state index contributed by atoms with van der Waals surface area (Å²) in [6.07, 6.45) is 3.32. The van der Waals surface area contributed by atoms with Gasteiger partial charge in [-0.3, -0.25) is 0 Å². The third-order valence-electron chi connectivity index (χ3n) is 3.95. The predicted molar refractivity (Wildman–Crippen MR) is 76.8 cm³/mol.